The second-order valence-corrected chi connectivity index (χ2v) is 7.69. The molecule has 1 aliphatic carbocycles. The Morgan fingerprint density at radius 1 is 1.07 bits per heavy atom. The van der Waals surface area contributed by atoms with Crippen LogP contribution in [0.15, 0.2) is 36.4 Å². The molecule has 1 N–H and O–H groups in total. The highest BCUT2D eigenvalue weighted by molar-refractivity contribution is 6.32. The molecule has 3 nitrogen and oxygen atoms in total. The van der Waals surface area contributed by atoms with Crippen LogP contribution in [0.1, 0.15) is 56.6 Å². The van der Waals surface area contributed by atoms with Gasteiger partial charge in [0.15, 0.2) is 11.5 Å². The Morgan fingerprint density at radius 2 is 1.82 bits per heavy atom. The summed E-state index contributed by atoms with van der Waals surface area (Å²) in [6.07, 6.45) is 7.74. The first kappa shape index (κ1) is 20.9. The predicted octanol–water partition coefficient (Wildman–Crippen LogP) is 6.27. The zero-order chi connectivity index (χ0) is 19.8. The van der Waals surface area contributed by atoms with Crippen LogP contribution in [0.2, 0.25) is 5.02 Å². The molecule has 0 saturated heterocycles. The van der Waals surface area contributed by atoms with Crippen molar-refractivity contribution in [2.24, 2.45) is 0 Å². The highest BCUT2D eigenvalue weighted by Crippen LogP contribution is 2.37. The second-order valence-electron chi connectivity index (χ2n) is 7.29. The third kappa shape index (κ3) is 5.86. The quantitative estimate of drug-likeness (QED) is 0.525. The molecule has 2 aromatic carbocycles. The molecule has 2 aromatic rings. The van der Waals surface area contributed by atoms with E-state index in [-0.39, 0.29) is 12.4 Å². The van der Waals surface area contributed by atoms with Crippen molar-refractivity contribution in [3.05, 3.63) is 58.4 Å². The van der Waals surface area contributed by atoms with Crippen LogP contribution >= 0.6 is 11.6 Å². The summed E-state index contributed by atoms with van der Waals surface area (Å²) in [4.78, 5) is 0. The predicted molar refractivity (Wildman–Crippen MR) is 112 cm³/mol. The van der Waals surface area contributed by atoms with Gasteiger partial charge in [-0.05, 0) is 43.5 Å². The molecule has 1 aliphatic rings. The molecule has 1 fully saturated rings. The molecule has 152 valence electrons. The van der Waals surface area contributed by atoms with E-state index in [1.54, 1.807) is 18.2 Å². The van der Waals surface area contributed by atoms with Gasteiger partial charge in [0.25, 0.3) is 0 Å². The van der Waals surface area contributed by atoms with Gasteiger partial charge in [-0.25, -0.2) is 4.39 Å². The van der Waals surface area contributed by atoms with Gasteiger partial charge in [-0.1, -0.05) is 55.5 Å². The van der Waals surface area contributed by atoms with Crippen molar-refractivity contribution >= 4 is 11.6 Å². The maximum Gasteiger partial charge on any atom is 0.180 e. The maximum atomic E-state index is 13.9. The van der Waals surface area contributed by atoms with Gasteiger partial charge in [-0.2, -0.15) is 0 Å². The monoisotopic (exact) mass is 405 g/mol. The molecule has 28 heavy (non-hydrogen) atoms. The molecule has 0 atom stereocenters. The molecule has 0 spiro atoms. The Kier molecular flexibility index (Phi) is 7.99. The number of rotatable bonds is 8. The van der Waals surface area contributed by atoms with Gasteiger partial charge in [0.2, 0.25) is 0 Å². The fourth-order valence-electron chi connectivity index (χ4n) is 3.64. The van der Waals surface area contributed by atoms with Gasteiger partial charge in [0.1, 0.15) is 12.4 Å². The lowest BCUT2D eigenvalue weighted by molar-refractivity contribution is 0.265. The number of halogens is 2. The van der Waals surface area contributed by atoms with E-state index in [4.69, 9.17) is 21.1 Å². The minimum atomic E-state index is -0.291. The topological polar surface area (TPSA) is 30.5 Å². The van der Waals surface area contributed by atoms with Crippen LogP contribution < -0.4 is 14.8 Å². The Morgan fingerprint density at radius 3 is 2.54 bits per heavy atom. The minimum absolute atomic E-state index is 0.103. The van der Waals surface area contributed by atoms with Crippen molar-refractivity contribution in [3.8, 4) is 11.5 Å². The van der Waals surface area contributed by atoms with Crippen LogP contribution in [0.4, 0.5) is 4.39 Å². The van der Waals surface area contributed by atoms with E-state index in [9.17, 15) is 4.39 Å². The van der Waals surface area contributed by atoms with E-state index >= 15 is 0 Å². The molecule has 0 aromatic heterocycles. The van der Waals surface area contributed by atoms with Gasteiger partial charge in [-0.3, -0.25) is 0 Å². The van der Waals surface area contributed by atoms with E-state index in [0.29, 0.717) is 34.7 Å². The molecular formula is C23H29ClFNO2. The summed E-state index contributed by atoms with van der Waals surface area (Å²) in [7, 11) is 0. The van der Waals surface area contributed by atoms with E-state index < -0.39 is 0 Å². The molecule has 5 heteroatoms. The van der Waals surface area contributed by atoms with Crippen molar-refractivity contribution in [2.45, 2.75) is 64.6 Å². The molecule has 0 unspecified atom stereocenters. The number of hydrogen-bond acceptors (Lipinski definition) is 3. The summed E-state index contributed by atoms with van der Waals surface area (Å²) in [5.74, 6) is 0.773. The highest BCUT2D eigenvalue weighted by atomic mass is 35.5. The van der Waals surface area contributed by atoms with Gasteiger partial charge < -0.3 is 14.8 Å². The van der Waals surface area contributed by atoms with E-state index in [1.165, 1.54) is 44.6 Å². The fourth-order valence-corrected chi connectivity index (χ4v) is 3.93. The Labute approximate surface area is 172 Å². The van der Waals surface area contributed by atoms with Crippen molar-refractivity contribution in [2.75, 3.05) is 6.61 Å². The lowest BCUT2D eigenvalue weighted by Gasteiger charge is -2.18. The van der Waals surface area contributed by atoms with Gasteiger partial charge >= 0.3 is 0 Å². The normalized spacial score (nSPS) is 15.2. The Hall–Kier alpha value is -1.78. The van der Waals surface area contributed by atoms with Crippen LogP contribution in [0.25, 0.3) is 0 Å². The van der Waals surface area contributed by atoms with Gasteiger partial charge in [0.05, 0.1) is 11.6 Å². The molecule has 0 heterocycles. The molecular weight excluding hydrogens is 377 g/mol. The minimum Gasteiger partial charge on any atom is -0.490 e. The van der Waals surface area contributed by atoms with Gasteiger partial charge in [-0.15, -0.1) is 0 Å². The van der Waals surface area contributed by atoms with Gasteiger partial charge in [0, 0.05) is 18.2 Å². The van der Waals surface area contributed by atoms with Crippen LogP contribution in [-0.4, -0.2) is 12.6 Å². The van der Waals surface area contributed by atoms with E-state index in [2.05, 4.69) is 5.32 Å². The zero-order valence-corrected chi connectivity index (χ0v) is 17.2. The smallest absolute Gasteiger partial charge is 0.180 e. The summed E-state index contributed by atoms with van der Waals surface area (Å²) in [5, 5.41) is 4.14. The fraction of sp³-hybridized carbons (Fsp3) is 0.478. The maximum absolute atomic E-state index is 13.9. The number of hydrogen-bond donors (Lipinski definition) is 1. The van der Waals surface area contributed by atoms with E-state index in [1.807, 2.05) is 19.1 Å². The van der Waals surface area contributed by atoms with Crippen molar-refractivity contribution in [1.82, 2.24) is 5.32 Å². The first-order valence-electron chi connectivity index (χ1n) is 10.2. The second kappa shape index (κ2) is 10.7. The summed E-state index contributed by atoms with van der Waals surface area (Å²) >= 11 is 6.50. The summed E-state index contributed by atoms with van der Waals surface area (Å²) in [5.41, 5.74) is 1.55. The van der Waals surface area contributed by atoms with Crippen LogP contribution in [-0.2, 0) is 13.2 Å². The lowest BCUT2D eigenvalue weighted by atomic mass is 10.1. The third-order valence-electron chi connectivity index (χ3n) is 5.15. The Bertz CT molecular complexity index is 760. The van der Waals surface area contributed by atoms with Crippen LogP contribution in [0.5, 0.6) is 11.5 Å². The SMILES string of the molecule is CCOc1cc(CNC2CCCCCC2)cc(Cl)c1OCc1ccccc1F. The summed E-state index contributed by atoms with van der Waals surface area (Å²) in [6, 6.07) is 11.0. The highest BCUT2D eigenvalue weighted by Gasteiger charge is 2.16. The first-order chi connectivity index (χ1) is 13.7. The molecule has 0 aliphatic heterocycles. The standard InChI is InChI=1S/C23H29ClFNO2/c1-2-27-22-14-17(15-26-19-10-5-3-4-6-11-19)13-20(24)23(22)28-16-18-9-7-8-12-21(18)25/h7-9,12-14,19,26H,2-6,10-11,15-16H2,1H3. The molecule has 0 amide bonds. The van der Waals surface area contributed by atoms with Crippen molar-refractivity contribution < 1.29 is 13.9 Å². The van der Waals surface area contributed by atoms with Crippen molar-refractivity contribution in [3.63, 3.8) is 0 Å². The van der Waals surface area contributed by atoms with Crippen LogP contribution in [0.3, 0.4) is 0 Å². The number of benzene rings is 2. The lowest BCUT2D eigenvalue weighted by Crippen LogP contribution is -2.27. The molecule has 0 radical (unpaired) electrons. The van der Waals surface area contributed by atoms with Crippen molar-refractivity contribution in [1.29, 1.82) is 0 Å². The average Bonchev–Trinajstić information content (AvgIpc) is 2.96. The van der Waals surface area contributed by atoms with Crippen LogP contribution in [0, 0.1) is 5.82 Å². The summed E-state index contributed by atoms with van der Waals surface area (Å²) in [6.45, 7) is 3.28. The Balaban J connectivity index is 1.69. The number of ether oxygens (including phenoxy) is 2. The first-order valence-corrected chi connectivity index (χ1v) is 10.6. The van der Waals surface area contributed by atoms with E-state index in [0.717, 1.165) is 12.1 Å². The summed E-state index contributed by atoms with van der Waals surface area (Å²) < 4.78 is 25.5. The largest absolute Gasteiger partial charge is 0.490 e. The average molecular weight is 406 g/mol. The molecule has 3 rings (SSSR count). The number of nitrogens with one attached hydrogen (secondary N) is 1. The molecule has 1 saturated carbocycles. The third-order valence-corrected chi connectivity index (χ3v) is 5.43. The zero-order valence-electron chi connectivity index (χ0n) is 16.5. The molecule has 0 bridgehead atoms.